The fraction of sp³-hybridized carbons (Fsp3) is 0.667. The number of aromatic nitrogens is 1. The van der Waals surface area contributed by atoms with E-state index in [0.717, 1.165) is 25.3 Å². The summed E-state index contributed by atoms with van der Waals surface area (Å²) in [7, 11) is 0. The minimum Gasteiger partial charge on any atom is -0.360 e. The van der Waals surface area contributed by atoms with Crippen LogP contribution in [0.5, 0.6) is 0 Å². The number of ketones is 1. The fourth-order valence-corrected chi connectivity index (χ4v) is 2.14. The number of hydrogen-bond donors (Lipinski definition) is 0. The fourth-order valence-electron chi connectivity index (χ4n) is 2.14. The van der Waals surface area contributed by atoms with Gasteiger partial charge in [-0.15, -0.1) is 0 Å². The third-order valence-electron chi connectivity index (χ3n) is 3.24. The van der Waals surface area contributed by atoms with Gasteiger partial charge in [-0.05, 0) is 26.8 Å². The lowest BCUT2D eigenvalue weighted by molar-refractivity contribution is 0.100. The molecule has 1 saturated heterocycles. The van der Waals surface area contributed by atoms with Gasteiger partial charge in [-0.2, -0.15) is 0 Å². The quantitative estimate of drug-likeness (QED) is 0.734. The Morgan fingerprint density at radius 3 is 2.88 bits per heavy atom. The number of likely N-dealkylation sites (tertiary alicyclic amines) is 1. The van der Waals surface area contributed by atoms with Crippen LogP contribution in [0.15, 0.2) is 10.6 Å². The minimum atomic E-state index is -0.0336. The summed E-state index contributed by atoms with van der Waals surface area (Å²) in [5, 5.41) is 3.79. The predicted molar refractivity (Wildman–Crippen MR) is 60.6 cm³/mol. The van der Waals surface area contributed by atoms with Gasteiger partial charge < -0.3 is 9.42 Å². The molecule has 0 radical (unpaired) electrons. The smallest absolute Gasteiger partial charge is 0.181 e. The van der Waals surface area contributed by atoms with E-state index in [0.29, 0.717) is 17.7 Å². The lowest BCUT2D eigenvalue weighted by Gasteiger charge is -2.19. The number of nitrogens with zero attached hydrogens (tertiary/aromatic N) is 2. The Morgan fingerprint density at radius 2 is 2.38 bits per heavy atom. The summed E-state index contributed by atoms with van der Waals surface area (Å²) < 4.78 is 5.24. The van der Waals surface area contributed by atoms with Gasteiger partial charge in [0.25, 0.3) is 0 Å². The summed E-state index contributed by atoms with van der Waals surface area (Å²) in [4.78, 5) is 13.5. The van der Waals surface area contributed by atoms with Crippen molar-refractivity contribution in [2.45, 2.75) is 39.2 Å². The number of Topliss-reactive ketones (excluding diaryl/α,β-unsaturated/α-hetero) is 1. The monoisotopic (exact) mass is 222 g/mol. The Kier molecular flexibility index (Phi) is 3.10. The first-order chi connectivity index (χ1) is 7.58. The molecule has 0 aliphatic carbocycles. The third kappa shape index (κ3) is 2.16. The Hall–Kier alpha value is -1.16. The van der Waals surface area contributed by atoms with Crippen molar-refractivity contribution >= 4 is 5.78 Å². The first-order valence-electron chi connectivity index (χ1n) is 5.79. The zero-order valence-electron chi connectivity index (χ0n) is 10.1. The predicted octanol–water partition coefficient (Wildman–Crippen LogP) is 2.07. The van der Waals surface area contributed by atoms with Crippen molar-refractivity contribution in [1.29, 1.82) is 0 Å². The second-order valence-corrected chi connectivity index (χ2v) is 4.74. The van der Waals surface area contributed by atoms with Crippen LogP contribution >= 0.6 is 0 Å². The molecule has 0 amide bonds. The van der Waals surface area contributed by atoms with Crippen molar-refractivity contribution in [3.63, 3.8) is 0 Å². The van der Waals surface area contributed by atoms with Crippen LogP contribution in [0.25, 0.3) is 0 Å². The van der Waals surface area contributed by atoms with Crippen LogP contribution < -0.4 is 0 Å². The average Bonchev–Trinajstić information content (AvgIpc) is 2.86. The molecular formula is C12H18N2O2. The minimum absolute atomic E-state index is 0.0336. The Bertz CT molecular complexity index is 384. The molecule has 0 saturated carbocycles. The molecule has 1 atom stereocenters. The molecule has 4 nitrogen and oxygen atoms in total. The molecule has 1 aliphatic rings. The summed E-state index contributed by atoms with van der Waals surface area (Å²) in [6.07, 6.45) is 1.09. The van der Waals surface area contributed by atoms with Crippen molar-refractivity contribution < 1.29 is 9.32 Å². The average molecular weight is 222 g/mol. The first kappa shape index (κ1) is 11.3. The standard InChI is InChI=1S/C12H18N2O2/c1-8(2)14-5-4-10(7-14)12-6-11(9(3)15)13-16-12/h6,8,10H,4-5,7H2,1-3H3. The van der Waals surface area contributed by atoms with Crippen molar-refractivity contribution in [2.24, 2.45) is 0 Å². The molecule has 0 spiro atoms. The van der Waals surface area contributed by atoms with Gasteiger partial charge in [0.1, 0.15) is 11.5 Å². The second-order valence-electron chi connectivity index (χ2n) is 4.74. The van der Waals surface area contributed by atoms with Gasteiger partial charge in [0, 0.05) is 31.5 Å². The van der Waals surface area contributed by atoms with Crippen molar-refractivity contribution in [1.82, 2.24) is 10.1 Å². The number of carbonyl (C=O) groups excluding carboxylic acids is 1. The zero-order chi connectivity index (χ0) is 11.7. The van der Waals surface area contributed by atoms with E-state index in [-0.39, 0.29) is 5.78 Å². The van der Waals surface area contributed by atoms with Crippen LogP contribution in [0, 0.1) is 0 Å². The maximum atomic E-state index is 11.1. The summed E-state index contributed by atoms with van der Waals surface area (Å²) >= 11 is 0. The normalized spacial score (nSPS) is 21.9. The SMILES string of the molecule is CC(=O)c1cc(C2CCN(C(C)C)C2)on1. The molecule has 0 N–H and O–H groups in total. The van der Waals surface area contributed by atoms with Crippen LogP contribution in [0.3, 0.4) is 0 Å². The highest BCUT2D eigenvalue weighted by molar-refractivity contribution is 5.91. The molecule has 2 rings (SSSR count). The van der Waals surface area contributed by atoms with Gasteiger partial charge in [0.05, 0.1) is 0 Å². The molecule has 0 bridgehead atoms. The second kappa shape index (κ2) is 4.37. The molecule has 1 aromatic heterocycles. The van der Waals surface area contributed by atoms with Crippen LogP contribution in [0.4, 0.5) is 0 Å². The Labute approximate surface area is 95.6 Å². The zero-order valence-corrected chi connectivity index (χ0v) is 10.1. The Balaban J connectivity index is 2.06. The van der Waals surface area contributed by atoms with E-state index in [1.165, 1.54) is 6.92 Å². The maximum absolute atomic E-state index is 11.1. The van der Waals surface area contributed by atoms with Gasteiger partial charge in [0.2, 0.25) is 0 Å². The topological polar surface area (TPSA) is 46.3 Å². The highest BCUT2D eigenvalue weighted by atomic mass is 16.5. The number of hydrogen-bond acceptors (Lipinski definition) is 4. The molecule has 16 heavy (non-hydrogen) atoms. The van der Waals surface area contributed by atoms with Gasteiger partial charge >= 0.3 is 0 Å². The van der Waals surface area contributed by atoms with Crippen molar-refractivity contribution in [3.05, 3.63) is 17.5 Å². The van der Waals surface area contributed by atoms with Crippen LogP contribution in [-0.2, 0) is 0 Å². The lowest BCUT2D eigenvalue weighted by atomic mass is 10.1. The molecule has 1 aliphatic heterocycles. The summed E-state index contributed by atoms with van der Waals surface area (Å²) in [5.74, 6) is 1.21. The Morgan fingerprint density at radius 1 is 1.62 bits per heavy atom. The molecule has 1 aromatic rings. The summed E-state index contributed by atoms with van der Waals surface area (Å²) in [6, 6.07) is 2.36. The molecule has 1 unspecified atom stereocenters. The first-order valence-corrected chi connectivity index (χ1v) is 5.79. The third-order valence-corrected chi connectivity index (χ3v) is 3.24. The van der Waals surface area contributed by atoms with E-state index in [1.807, 2.05) is 0 Å². The van der Waals surface area contributed by atoms with Crippen LogP contribution in [0.2, 0.25) is 0 Å². The highest BCUT2D eigenvalue weighted by Gasteiger charge is 2.28. The molecule has 4 heteroatoms. The van der Waals surface area contributed by atoms with Gasteiger partial charge in [0.15, 0.2) is 5.78 Å². The van der Waals surface area contributed by atoms with Gasteiger partial charge in [-0.1, -0.05) is 5.16 Å². The van der Waals surface area contributed by atoms with E-state index in [9.17, 15) is 4.79 Å². The molecule has 0 aromatic carbocycles. The van der Waals surface area contributed by atoms with Crippen molar-refractivity contribution in [2.75, 3.05) is 13.1 Å². The van der Waals surface area contributed by atoms with E-state index in [2.05, 4.69) is 23.9 Å². The largest absolute Gasteiger partial charge is 0.360 e. The molecule has 2 heterocycles. The van der Waals surface area contributed by atoms with E-state index in [1.54, 1.807) is 6.07 Å². The van der Waals surface area contributed by atoms with E-state index in [4.69, 9.17) is 4.52 Å². The van der Waals surface area contributed by atoms with Gasteiger partial charge in [-0.3, -0.25) is 4.79 Å². The number of rotatable bonds is 3. The van der Waals surface area contributed by atoms with Gasteiger partial charge in [-0.25, -0.2) is 0 Å². The van der Waals surface area contributed by atoms with Crippen molar-refractivity contribution in [3.8, 4) is 0 Å². The molecular weight excluding hydrogens is 204 g/mol. The van der Waals surface area contributed by atoms with Crippen LogP contribution in [0.1, 0.15) is 49.4 Å². The lowest BCUT2D eigenvalue weighted by Crippen LogP contribution is -2.27. The van der Waals surface area contributed by atoms with E-state index >= 15 is 0 Å². The van der Waals surface area contributed by atoms with Crippen LogP contribution in [-0.4, -0.2) is 35.0 Å². The highest BCUT2D eigenvalue weighted by Crippen LogP contribution is 2.28. The maximum Gasteiger partial charge on any atom is 0.181 e. The molecule has 1 fully saturated rings. The van der Waals surface area contributed by atoms with E-state index < -0.39 is 0 Å². The molecule has 88 valence electrons. The number of carbonyl (C=O) groups is 1. The summed E-state index contributed by atoms with van der Waals surface area (Å²) in [6.45, 7) is 8.01. The summed E-state index contributed by atoms with van der Waals surface area (Å²) in [5.41, 5.74) is 0.443.